The average Bonchev–Trinajstić information content (AvgIpc) is 3.36. The Hall–Kier alpha value is -2.14. The molecule has 1 unspecified atom stereocenters. The number of aryl methyl sites for hydroxylation is 2. The van der Waals surface area contributed by atoms with Gasteiger partial charge in [0, 0.05) is 50.5 Å². The van der Waals surface area contributed by atoms with Crippen LogP contribution < -0.4 is 0 Å². The second-order valence-electron chi connectivity index (χ2n) is 8.14. The first-order valence-corrected chi connectivity index (χ1v) is 10.7. The van der Waals surface area contributed by atoms with E-state index < -0.39 is 0 Å². The zero-order valence-corrected chi connectivity index (χ0v) is 16.8. The lowest BCUT2D eigenvalue weighted by atomic mass is 9.99. The quantitative estimate of drug-likeness (QED) is 0.763. The first-order chi connectivity index (χ1) is 13.7. The highest BCUT2D eigenvalue weighted by atomic mass is 16.5. The predicted molar refractivity (Wildman–Crippen MR) is 109 cm³/mol. The van der Waals surface area contributed by atoms with Gasteiger partial charge in [-0.15, -0.1) is 0 Å². The van der Waals surface area contributed by atoms with Crippen LogP contribution in [0.25, 0.3) is 0 Å². The van der Waals surface area contributed by atoms with E-state index in [4.69, 9.17) is 9.72 Å². The smallest absolute Gasteiger partial charge is 0.222 e. The molecule has 28 heavy (non-hydrogen) atoms. The molecule has 0 radical (unpaired) electrons. The lowest BCUT2D eigenvalue weighted by Gasteiger charge is -2.26. The molecular formula is C23H31N3O2. The van der Waals surface area contributed by atoms with E-state index in [-0.39, 0.29) is 0 Å². The van der Waals surface area contributed by atoms with Crippen molar-refractivity contribution >= 4 is 5.91 Å². The molecule has 0 bridgehead atoms. The normalized spacial score (nSPS) is 20.6. The molecule has 1 aromatic heterocycles. The van der Waals surface area contributed by atoms with Crippen molar-refractivity contribution in [1.29, 1.82) is 0 Å². The second-order valence-corrected chi connectivity index (χ2v) is 8.14. The molecule has 5 nitrogen and oxygen atoms in total. The van der Waals surface area contributed by atoms with Gasteiger partial charge in [-0.05, 0) is 44.6 Å². The molecule has 150 valence electrons. The van der Waals surface area contributed by atoms with Crippen LogP contribution in [-0.4, -0.2) is 46.7 Å². The fourth-order valence-corrected chi connectivity index (χ4v) is 4.62. The molecule has 1 aromatic carbocycles. The zero-order chi connectivity index (χ0) is 19.3. The van der Waals surface area contributed by atoms with Crippen molar-refractivity contribution in [3.63, 3.8) is 0 Å². The van der Waals surface area contributed by atoms with Crippen LogP contribution in [0.4, 0.5) is 0 Å². The van der Waals surface area contributed by atoms with Gasteiger partial charge in [0.05, 0.1) is 6.04 Å². The van der Waals surface area contributed by atoms with Gasteiger partial charge < -0.3 is 14.2 Å². The van der Waals surface area contributed by atoms with Gasteiger partial charge in [0.15, 0.2) is 0 Å². The number of aromatic nitrogens is 2. The predicted octanol–water partition coefficient (Wildman–Crippen LogP) is 3.88. The van der Waals surface area contributed by atoms with Crippen LogP contribution in [0.2, 0.25) is 0 Å². The van der Waals surface area contributed by atoms with E-state index >= 15 is 0 Å². The monoisotopic (exact) mass is 381 g/mol. The van der Waals surface area contributed by atoms with Gasteiger partial charge in [0.2, 0.25) is 5.91 Å². The Labute approximate surface area is 167 Å². The summed E-state index contributed by atoms with van der Waals surface area (Å²) < 4.78 is 7.93. The van der Waals surface area contributed by atoms with Gasteiger partial charge >= 0.3 is 0 Å². The number of carbonyl (C=O) groups excluding carboxylic acids is 1. The summed E-state index contributed by atoms with van der Waals surface area (Å²) in [5.41, 5.74) is 2.52. The van der Waals surface area contributed by atoms with E-state index in [0.717, 1.165) is 58.4 Å². The highest BCUT2D eigenvalue weighted by Gasteiger charge is 2.31. The number of imidazole rings is 1. The lowest BCUT2D eigenvalue weighted by Crippen LogP contribution is -2.29. The summed E-state index contributed by atoms with van der Waals surface area (Å²) in [6.45, 7) is 5.47. The van der Waals surface area contributed by atoms with E-state index in [2.05, 4.69) is 40.7 Å². The molecule has 5 heteroatoms. The van der Waals surface area contributed by atoms with Crippen molar-refractivity contribution in [3.05, 3.63) is 53.6 Å². The van der Waals surface area contributed by atoms with Gasteiger partial charge in [0.25, 0.3) is 0 Å². The van der Waals surface area contributed by atoms with Gasteiger partial charge in [-0.3, -0.25) is 4.79 Å². The standard InChI is InChI=1S/C23H31N3O2/c1-18-16-24-23(20-11-14-28-15-12-20)26(18)21-10-13-25(17-21)22(27)9-5-8-19-6-3-2-4-7-19/h2-4,6-7,16,20-21H,5,8-15,17H2,1H3. The van der Waals surface area contributed by atoms with Gasteiger partial charge in [-0.2, -0.15) is 0 Å². The third-order valence-electron chi connectivity index (χ3n) is 6.18. The summed E-state index contributed by atoms with van der Waals surface area (Å²) in [5, 5.41) is 0. The Bertz CT molecular complexity index is 780. The molecule has 0 saturated carbocycles. The molecule has 1 atom stereocenters. The summed E-state index contributed by atoms with van der Waals surface area (Å²) in [7, 11) is 0. The number of nitrogens with zero attached hydrogens (tertiary/aromatic N) is 3. The third-order valence-corrected chi connectivity index (χ3v) is 6.18. The highest BCUT2D eigenvalue weighted by Crippen LogP contribution is 2.32. The number of hydrogen-bond donors (Lipinski definition) is 0. The van der Waals surface area contributed by atoms with Crippen LogP contribution in [0.5, 0.6) is 0 Å². The molecule has 0 N–H and O–H groups in total. The summed E-state index contributed by atoms with van der Waals surface area (Å²) in [4.78, 5) is 19.5. The van der Waals surface area contributed by atoms with Crippen LogP contribution >= 0.6 is 0 Å². The molecule has 2 saturated heterocycles. The number of hydrogen-bond acceptors (Lipinski definition) is 3. The summed E-state index contributed by atoms with van der Waals surface area (Å²) >= 11 is 0. The fraction of sp³-hybridized carbons (Fsp3) is 0.565. The zero-order valence-electron chi connectivity index (χ0n) is 16.8. The molecule has 2 aliphatic heterocycles. The van der Waals surface area contributed by atoms with E-state index in [0.29, 0.717) is 24.3 Å². The first-order valence-electron chi connectivity index (χ1n) is 10.7. The Morgan fingerprint density at radius 2 is 1.96 bits per heavy atom. The summed E-state index contributed by atoms with van der Waals surface area (Å²) in [6.07, 6.45) is 7.64. The minimum Gasteiger partial charge on any atom is -0.381 e. The minimum absolute atomic E-state index is 0.295. The molecule has 4 rings (SSSR count). The maximum absolute atomic E-state index is 12.7. The van der Waals surface area contributed by atoms with Crippen LogP contribution in [0.1, 0.15) is 61.1 Å². The molecule has 2 aromatic rings. The second kappa shape index (κ2) is 8.91. The molecule has 2 fully saturated rings. The van der Waals surface area contributed by atoms with Crippen molar-refractivity contribution in [2.75, 3.05) is 26.3 Å². The number of benzene rings is 1. The topological polar surface area (TPSA) is 47.4 Å². The molecule has 1 amide bonds. The SMILES string of the molecule is Cc1cnc(C2CCOCC2)n1C1CCN(C(=O)CCCc2ccccc2)C1. The Morgan fingerprint density at radius 1 is 1.18 bits per heavy atom. The number of rotatable bonds is 6. The number of carbonyl (C=O) groups is 1. The molecule has 3 heterocycles. The van der Waals surface area contributed by atoms with Crippen LogP contribution in [-0.2, 0) is 16.0 Å². The molecular weight excluding hydrogens is 350 g/mol. The van der Waals surface area contributed by atoms with Crippen molar-refractivity contribution in [2.45, 2.75) is 57.4 Å². The van der Waals surface area contributed by atoms with E-state index in [1.807, 2.05) is 12.3 Å². The lowest BCUT2D eigenvalue weighted by molar-refractivity contribution is -0.130. The molecule has 0 aliphatic carbocycles. The van der Waals surface area contributed by atoms with Gasteiger partial charge in [-0.25, -0.2) is 4.98 Å². The first kappa shape index (κ1) is 19.2. The number of likely N-dealkylation sites (tertiary alicyclic amines) is 1. The summed E-state index contributed by atoms with van der Waals surface area (Å²) in [6, 6.07) is 10.8. The van der Waals surface area contributed by atoms with Gasteiger partial charge in [0.1, 0.15) is 5.82 Å². The van der Waals surface area contributed by atoms with Gasteiger partial charge in [-0.1, -0.05) is 30.3 Å². The van der Waals surface area contributed by atoms with Crippen molar-refractivity contribution in [1.82, 2.24) is 14.5 Å². The number of ether oxygens (including phenoxy) is 1. The Balaban J connectivity index is 1.34. The maximum atomic E-state index is 12.7. The average molecular weight is 382 g/mol. The molecule has 2 aliphatic rings. The third kappa shape index (κ3) is 4.30. The largest absolute Gasteiger partial charge is 0.381 e. The van der Waals surface area contributed by atoms with Crippen molar-refractivity contribution in [3.8, 4) is 0 Å². The van der Waals surface area contributed by atoms with E-state index in [9.17, 15) is 4.79 Å². The Kier molecular flexibility index (Phi) is 6.10. The van der Waals surface area contributed by atoms with Crippen LogP contribution in [0.3, 0.4) is 0 Å². The van der Waals surface area contributed by atoms with Crippen molar-refractivity contribution < 1.29 is 9.53 Å². The fourth-order valence-electron chi connectivity index (χ4n) is 4.62. The van der Waals surface area contributed by atoms with Crippen molar-refractivity contribution in [2.24, 2.45) is 0 Å². The summed E-state index contributed by atoms with van der Waals surface area (Å²) in [5.74, 6) is 1.98. The number of amides is 1. The highest BCUT2D eigenvalue weighted by molar-refractivity contribution is 5.76. The molecule has 0 spiro atoms. The van der Waals surface area contributed by atoms with Crippen LogP contribution in [0, 0.1) is 6.92 Å². The Morgan fingerprint density at radius 3 is 2.75 bits per heavy atom. The maximum Gasteiger partial charge on any atom is 0.222 e. The van der Waals surface area contributed by atoms with E-state index in [1.165, 1.54) is 17.1 Å². The van der Waals surface area contributed by atoms with E-state index in [1.54, 1.807) is 0 Å². The minimum atomic E-state index is 0.295. The van der Waals surface area contributed by atoms with Crippen LogP contribution in [0.15, 0.2) is 36.5 Å².